The van der Waals surface area contributed by atoms with Crippen LogP contribution < -0.4 is 9.47 Å². The zero-order valence-electron chi connectivity index (χ0n) is 20.3. The Morgan fingerprint density at radius 3 is 2.38 bits per heavy atom. The minimum absolute atomic E-state index is 0.0266. The lowest BCUT2D eigenvalue weighted by Gasteiger charge is -2.33. The first-order valence-corrected chi connectivity index (χ1v) is 13.5. The second-order valence-electron chi connectivity index (χ2n) is 8.83. The molecule has 2 aromatic heterocycles. The third-order valence-electron chi connectivity index (χ3n) is 6.58. The van der Waals surface area contributed by atoms with Crippen molar-refractivity contribution in [3.8, 4) is 16.9 Å². The number of benzene rings is 2. The van der Waals surface area contributed by atoms with E-state index in [1.165, 1.54) is 17.6 Å². The summed E-state index contributed by atoms with van der Waals surface area (Å²) in [6, 6.07) is 15.7. The van der Waals surface area contributed by atoms with Gasteiger partial charge in [-0.05, 0) is 41.5 Å². The summed E-state index contributed by atoms with van der Waals surface area (Å²) in [6.07, 6.45) is 1.46. The van der Waals surface area contributed by atoms with E-state index in [0.29, 0.717) is 27.2 Å². The van der Waals surface area contributed by atoms with Crippen molar-refractivity contribution in [1.29, 1.82) is 0 Å². The zero-order chi connectivity index (χ0) is 26.3. The monoisotopic (exact) mass is 540 g/mol. The van der Waals surface area contributed by atoms with Gasteiger partial charge in [0.05, 0.1) is 12.6 Å². The number of ether oxygens (including phenoxy) is 1. The molecular formula is C26H25ClN4O5S. The van der Waals surface area contributed by atoms with E-state index >= 15 is 0 Å². The van der Waals surface area contributed by atoms with Crippen molar-refractivity contribution in [3.05, 3.63) is 82.3 Å². The topological polar surface area (TPSA) is 110 Å². The third-order valence-corrected chi connectivity index (χ3v) is 8.66. The van der Waals surface area contributed by atoms with Crippen molar-refractivity contribution in [3.63, 3.8) is 0 Å². The first kappa shape index (κ1) is 25.1. The number of rotatable bonds is 5. The molecule has 1 aliphatic rings. The summed E-state index contributed by atoms with van der Waals surface area (Å²) in [4.78, 5) is 17.7. The van der Waals surface area contributed by atoms with Gasteiger partial charge in [-0.3, -0.25) is 4.79 Å². The van der Waals surface area contributed by atoms with Crippen LogP contribution in [0.15, 0.2) is 65.8 Å². The zero-order valence-corrected chi connectivity index (χ0v) is 21.8. The van der Waals surface area contributed by atoms with E-state index in [0.717, 1.165) is 15.9 Å². The van der Waals surface area contributed by atoms with Crippen LogP contribution in [0.1, 0.15) is 16.1 Å². The Morgan fingerprint density at radius 1 is 1.03 bits per heavy atom. The molecular weight excluding hydrogens is 516 g/mol. The van der Waals surface area contributed by atoms with Gasteiger partial charge >= 0.3 is 0 Å². The number of halogens is 1. The number of pyridine rings is 1. The smallest absolute Gasteiger partial charge is 0.262 e. The van der Waals surface area contributed by atoms with Crippen molar-refractivity contribution >= 4 is 38.4 Å². The number of amides is 1. The maximum absolute atomic E-state index is 13.4. The Morgan fingerprint density at radius 2 is 1.73 bits per heavy atom. The normalized spacial score (nSPS) is 14.7. The fourth-order valence-electron chi connectivity index (χ4n) is 4.53. The van der Waals surface area contributed by atoms with Crippen LogP contribution in [0.3, 0.4) is 0 Å². The molecule has 0 aliphatic carbocycles. The Hall–Kier alpha value is -3.60. The minimum Gasteiger partial charge on any atom is -0.619 e. The van der Waals surface area contributed by atoms with Gasteiger partial charge in [-0.15, -0.1) is 0 Å². The number of nitrogens with zero attached hydrogens (tertiary/aromatic N) is 3. The van der Waals surface area contributed by atoms with Crippen molar-refractivity contribution in [1.82, 2.24) is 14.2 Å². The Bertz CT molecular complexity index is 1590. The van der Waals surface area contributed by atoms with Crippen LogP contribution in [-0.4, -0.2) is 61.8 Å². The van der Waals surface area contributed by atoms with Crippen molar-refractivity contribution in [2.45, 2.75) is 11.9 Å². The van der Waals surface area contributed by atoms with Gasteiger partial charge in [-0.25, -0.2) is 8.42 Å². The number of piperazine rings is 1. The fourth-order valence-corrected chi connectivity index (χ4v) is 6.27. The second-order valence-corrected chi connectivity index (χ2v) is 11.1. The average molecular weight is 541 g/mol. The molecule has 1 N–H and O–H groups in total. The number of carbonyl (C=O) groups is 1. The van der Waals surface area contributed by atoms with Crippen LogP contribution in [0, 0.1) is 12.1 Å². The van der Waals surface area contributed by atoms with Crippen LogP contribution in [0.25, 0.3) is 22.0 Å². The molecule has 0 spiro atoms. The number of hydrogen-bond donors (Lipinski definition) is 1. The molecule has 1 fully saturated rings. The number of hydrogen-bond acceptors (Lipinski definition) is 5. The quantitative estimate of drug-likeness (QED) is 0.307. The summed E-state index contributed by atoms with van der Waals surface area (Å²) >= 11 is 6.09. The van der Waals surface area contributed by atoms with E-state index in [4.69, 9.17) is 16.3 Å². The van der Waals surface area contributed by atoms with Crippen molar-refractivity contribution in [2.75, 3.05) is 33.3 Å². The van der Waals surface area contributed by atoms with Crippen molar-refractivity contribution < 1.29 is 22.7 Å². The Labute approximate surface area is 219 Å². The summed E-state index contributed by atoms with van der Waals surface area (Å²) in [5, 5.41) is 12.6. The molecule has 0 saturated carbocycles. The minimum atomic E-state index is -3.89. The molecule has 3 heterocycles. The SMILES string of the molecule is COc1c(S(=O)(=O)N2CCN(C(=O)c3ccc(-c4cc[n+]([O-])c(C)c4)cc3)CC2)[nH]c2ccc(Cl)cc12. The molecule has 11 heteroatoms. The highest BCUT2D eigenvalue weighted by atomic mass is 35.5. The molecule has 192 valence electrons. The van der Waals surface area contributed by atoms with E-state index in [9.17, 15) is 18.4 Å². The van der Waals surface area contributed by atoms with Crippen molar-refractivity contribution in [2.24, 2.45) is 0 Å². The lowest BCUT2D eigenvalue weighted by atomic mass is 10.0. The first-order chi connectivity index (χ1) is 17.7. The van der Waals surface area contributed by atoms with Crippen LogP contribution >= 0.6 is 11.6 Å². The van der Waals surface area contributed by atoms with Crippen LogP contribution in [0.5, 0.6) is 5.75 Å². The highest BCUT2D eigenvalue weighted by Crippen LogP contribution is 2.36. The molecule has 1 aliphatic heterocycles. The van der Waals surface area contributed by atoms with E-state index in [-0.39, 0.29) is 42.9 Å². The average Bonchev–Trinajstić information content (AvgIpc) is 3.28. The number of sulfonamides is 1. The Balaban J connectivity index is 1.29. The molecule has 2 aromatic carbocycles. The maximum Gasteiger partial charge on any atom is 0.262 e. The summed E-state index contributed by atoms with van der Waals surface area (Å²) in [7, 11) is -2.47. The number of H-pyrrole nitrogens is 1. The molecule has 1 amide bonds. The summed E-state index contributed by atoms with van der Waals surface area (Å²) in [6.45, 7) is 2.57. The molecule has 0 radical (unpaired) electrons. The van der Waals surface area contributed by atoms with Gasteiger partial charge in [-0.1, -0.05) is 23.7 Å². The maximum atomic E-state index is 13.4. The number of aromatic nitrogens is 2. The number of methoxy groups -OCH3 is 1. The number of nitrogens with one attached hydrogen (secondary N) is 1. The summed E-state index contributed by atoms with van der Waals surface area (Å²) in [5.41, 5.74) is 3.48. The summed E-state index contributed by atoms with van der Waals surface area (Å²) in [5.74, 6) is 0.0536. The number of carbonyl (C=O) groups excluding carboxylic acids is 1. The molecule has 0 unspecified atom stereocenters. The van der Waals surface area contributed by atoms with Crippen LogP contribution in [0.2, 0.25) is 5.02 Å². The lowest BCUT2D eigenvalue weighted by molar-refractivity contribution is -0.612. The van der Waals surface area contributed by atoms with Gasteiger partial charge in [0.1, 0.15) is 0 Å². The standard InChI is InChI=1S/C26H25ClN4O5S/c1-17-15-20(9-10-31(17)33)18-3-5-19(6-4-18)26(32)29-11-13-30(14-12-29)37(34,35)25-24(36-2)22-16-21(27)7-8-23(22)28-25/h3-10,15-16,28H,11-14H2,1-2H3. The molecule has 1 saturated heterocycles. The number of aryl methyl sites for hydroxylation is 1. The van der Waals surface area contributed by atoms with Gasteiger partial charge in [0, 0.05) is 61.2 Å². The molecule has 9 nitrogen and oxygen atoms in total. The number of aromatic amines is 1. The first-order valence-electron chi connectivity index (χ1n) is 11.6. The van der Waals surface area contributed by atoms with Gasteiger partial charge in [-0.2, -0.15) is 9.04 Å². The predicted molar refractivity (Wildman–Crippen MR) is 140 cm³/mol. The highest BCUT2D eigenvalue weighted by molar-refractivity contribution is 7.89. The third kappa shape index (κ3) is 4.63. The molecule has 0 atom stereocenters. The van der Waals surface area contributed by atoms with Crippen LogP contribution in [0.4, 0.5) is 0 Å². The molecule has 37 heavy (non-hydrogen) atoms. The van der Waals surface area contributed by atoms with E-state index < -0.39 is 10.0 Å². The second kappa shape index (κ2) is 9.70. The van der Waals surface area contributed by atoms with E-state index in [1.807, 2.05) is 12.1 Å². The summed E-state index contributed by atoms with van der Waals surface area (Å²) < 4.78 is 34.5. The molecule has 4 aromatic rings. The van der Waals surface area contributed by atoms with Gasteiger partial charge < -0.3 is 19.8 Å². The van der Waals surface area contributed by atoms with Gasteiger partial charge in [0.25, 0.3) is 15.9 Å². The van der Waals surface area contributed by atoms with E-state index in [2.05, 4.69) is 4.98 Å². The van der Waals surface area contributed by atoms with Crippen LogP contribution in [-0.2, 0) is 10.0 Å². The predicted octanol–water partition coefficient (Wildman–Crippen LogP) is 3.59. The Kier molecular flexibility index (Phi) is 6.57. The van der Waals surface area contributed by atoms with Gasteiger partial charge in [0.15, 0.2) is 22.7 Å². The van der Waals surface area contributed by atoms with Gasteiger partial charge in [0.2, 0.25) is 0 Å². The van der Waals surface area contributed by atoms with E-state index in [1.54, 1.807) is 54.3 Å². The highest BCUT2D eigenvalue weighted by Gasteiger charge is 2.34. The number of fused-ring (bicyclic) bond motifs is 1. The fraction of sp³-hybridized carbons (Fsp3) is 0.231. The molecule has 5 rings (SSSR count). The largest absolute Gasteiger partial charge is 0.619 e. The lowest BCUT2D eigenvalue weighted by Crippen LogP contribution is -2.50. The molecule has 0 bridgehead atoms.